The van der Waals surface area contributed by atoms with Gasteiger partial charge in [-0.25, -0.2) is 0 Å². The highest BCUT2D eigenvalue weighted by molar-refractivity contribution is 5.08. The van der Waals surface area contributed by atoms with E-state index in [4.69, 9.17) is 9.15 Å². The molecule has 0 bridgehead atoms. The zero-order valence-corrected chi connectivity index (χ0v) is 13.7. The number of rotatable bonds is 4. The van der Waals surface area contributed by atoms with Crippen molar-refractivity contribution in [3.8, 4) is 0 Å². The zero-order valence-electron chi connectivity index (χ0n) is 13.7. The van der Waals surface area contributed by atoms with Gasteiger partial charge in [0.1, 0.15) is 23.4 Å². The molecular formula is C17H24N4O2. The predicted molar refractivity (Wildman–Crippen MR) is 85.0 cm³/mol. The van der Waals surface area contributed by atoms with E-state index in [0.717, 1.165) is 81.6 Å². The van der Waals surface area contributed by atoms with Gasteiger partial charge in [-0.05, 0) is 25.0 Å². The highest BCUT2D eigenvalue weighted by atomic mass is 16.5. The van der Waals surface area contributed by atoms with E-state index in [1.54, 1.807) is 0 Å². The molecule has 0 spiro atoms. The molecule has 0 saturated carbocycles. The number of furan rings is 1. The van der Waals surface area contributed by atoms with Crippen LogP contribution < -0.4 is 0 Å². The molecule has 1 atom stereocenters. The van der Waals surface area contributed by atoms with E-state index in [9.17, 15) is 0 Å². The zero-order chi connectivity index (χ0) is 15.6. The second-order valence-corrected chi connectivity index (χ2v) is 6.38. The van der Waals surface area contributed by atoms with E-state index < -0.39 is 0 Å². The molecule has 0 aromatic carbocycles. The average Bonchev–Trinajstić information content (AvgIpc) is 3.28. The summed E-state index contributed by atoms with van der Waals surface area (Å²) in [5.74, 6) is 4.23. The monoisotopic (exact) mass is 316 g/mol. The Kier molecular flexibility index (Phi) is 4.18. The van der Waals surface area contributed by atoms with E-state index >= 15 is 0 Å². The molecule has 0 aliphatic carbocycles. The normalized spacial score (nSPS) is 22.2. The Hall–Kier alpha value is -1.66. The van der Waals surface area contributed by atoms with Gasteiger partial charge in [-0.15, -0.1) is 10.2 Å². The van der Waals surface area contributed by atoms with Gasteiger partial charge in [0, 0.05) is 39.1 Å². The molecule has 124 valence electrons. The van der Waals surface area contributed by atoms with Crippen LogP contribution in [0, 0.1) is 0 Å². The van der Waals surface area contributed by atoms with E-state index in [1.165, 1.54) is 0 Å². The smallest absolute Gasteiger partial charge is 0.162 e. The molecular weight excluding hydrogens is 292 g/mol. The first kappa shape index (κ1) is 14.9. The van der Waals surface area contributed by atoms with Gasteiger partial charge in [0.15, 0.2) is 5.82 Å². The van der Waals surface area contributed by atoms with Crippen LogP contribution in [-0.2, 0) is 30.7 Å². The molecule has 2 aliphatic heterocycles. The molecule has 6 heteroatoms. The van der Waals surface area contributed by atoms with Gasteiger partial charge in [-0.3, -0.25) is 4.90 Å². The van der Waals surface area contributed by atoms with Crippen molar-refractivity contribution in [1.29, 1.82) is 0 Å². The van der Waals surface area contributed by atoms with Crippen LogP contribution in [0.15, 0.2) is 16.5 Å². The van der Waals surface area contributed by atoms with Crippen molar-refractivity contribution < 1.29 is 9.15 Å². The summed E-state index contributed by atoms with van der Waals surface area (Å²) in [6.45, 7) is 6.75. The largest absolute Gasteiger partial charge is 0.465 e. The van der Waals surface area contributed by atoms with Crippen LogP contribution >= 0.6 is 0 Å². The van der Waals surface area contributed by atoms with E-state index in [0.29, 0.717) is 0 Å². The number of aryl methyl sites for hydroxylation is 1. The molecule has 0 radical (unpaired) electrons. The maximum absolute atomic E-state index is 5.84. The van der Waals surface area contributed by atoms with Crippen LogP contribution in [0.1, 0.15) is 49.0 Å². The molecule has 23 heavy (non-hydrogen) atoms. The van der Waals surface area contributed by atoms with Gasteiger partial charge in [0.2, 0.25) is 0 Å². The Morgan fingerprint density at radius 2 is 2.09 bits per heavy atom. The fourth-order valence-electron chi connectivity index (χ4n) is 3.48. The van der Waals surface area contributed by atoms with Gasteiger partial charge in [0.25, 0.3) is 0 Å². The number of nitrogens with zero attached hydrogens (tertiary/aromatic N) is 4. The van der Waals surface area contributed by atoms with Crippen LogP contribution in [0.2, 0.25) is 0 Å². The molecule has 2 aromatic heterocycles. The molecule has 1 fully saturated rings. The van der Waals surface area contributed by atoms with Crippen molar-refractivity contribution >= 4 is 0 Å². The SMILES string of the molecule is CCc1ccc(CN2CCc3nnc(C4CCCO4)n3CC2)o1. The Morgan fingerprint density at radius 1 is 1.17 bits per heavy atom. The fourth-order valence-corrected chi connectivity index (χ4v) is 3.48. The summed E-state index contributed by atoms with van der Waals surface area (Å²) in [4.78, 5) is 2.44. The van der Waals surface area contributed by atoms with Gasteiger partial charge in [-0.1, -0.05) is 6.92 Å². The number of fused-ring (bicyclic) bond motifs is 1. The van der Waals surface area contributed by atoms with Gasteiger partial charge >= 0.3 is 0 Å². The number of aromatic nitrogens is 3. The molecule has 4 heterocycles. The summed E-state index contributed by atoms with van der Waals surface area (Å²) in [6, 6.07) is 4.18. The predicted octanol–water partition coefficient (Wildman–Crippen LogP) is 2.34. The molecule has 2 aliphatic rings. The molecule has 0 N–H and O–H groups in total. The lowest BCUT2D eigenvalue weighted by atomic mass is 10.2. The van der Waals surface area contributed by atoms with Crippen LogP contribution in [0.5, 0.6) is 0 Å². The standard InChI is InChI=1S/C17H24N4O2/c1-2-13-5-6-14(23-13)12-20-8-7-16-18-19-17(21(16)10-9-20)15-4-3-11-22-15/h5-6,15H,2-4,7-12H2,1H3. The van der Waals surface area contributed by atoms with Gasteiger partial charge in [0.05, 0.1) is 6.54 Å². The molecule has 0 amide bonds. The Morgan fingerprint density at radius 3 is 2.87 bits per heavy atom. The Labute approximate surface area is 136 Å². The van der Waals surface area contributed by atoms with Crippen molar-refractivity contribution in [2.24, 2.45) is 0 Å². The summed E-state index contributed by atoms with van der Waals surface area (Å²) in [6.07, 6.45) is 4.21. The minimum Gasteiger partial charge on any atom is -0.465 e. The van der Waals surface area contributed by atoms with Gasteiger partial charge < -0.3 is 13.7 Å². The first-order chi connectivity index (χ1) is 11.3. The first-order valence-electron chi connectivity index (χ1n) is 8.67. The van der Waals surface area contributed by atoms with Crippen LogP contribution in [-0.4, -0.2) is 39.4 Å². The minimum atomic E-state index is 0.139. The second-order valence-electron chi connectivity index (χ2n) is 6.38. The van der Waals surface area contributed by atoms with E-state index in [1.807, 2.05) is 0 Å². The molecule has 2 aromatic rings. The molecule has 1 unspecified atom stereocenters. The summed E-state index contributed by atoms with van der Waals surface area (Å²) >= 11 is 0. The number of hydrogen-bond acceptors (Lipinski definition) is 5. The molecule has 6 nitrogen and oxygen atoms in total. The van der Waals surface area contributed by atoms with Crippen molar-refractivity contribution in [1.82, 2.24) is 19.7 Å². The Bertz CT molecular complexity index is 657. The highest BCUT2D eigenvalue weighted by Gasteiger charge is 2.27. The van der Waals surface area contributed by atoms with Crippen LogP contribution in [0.4, 0.5) is 0 Å². The minimum absolute atomic E-state index is 0.139. The third-order valence-electron chi connectivity index (χ3n) is 4.81. The number of ether oxygens (including phenoxy) is 1. The first-order valence-corrected chi connectivity index (χ1v) is 8.67. The van der Waals surface area contributed by atoms with E-state index in [2.05, 4.69) is 38.7 Å². The maximum Gasteiger partial charge on any atom is 0.162 e. The second kappa shape index (κ2) is 6.45. The third kappa shape index (κ3) is 3.05. The summed E-state index contributed by atoms with van der Waals surface area (Å²) in [5, 5.41) is 8.80. The van der Waals surface area contributed by atoms with Crippen molar-refractivity contribution in [2.75, 3.05) is 19.7 Å². The summed E-state index contributed by atoms with van der Waals surface area (Å²) in [7, 11) is 0. The number of hydrogen-bond donors (Lipinski definition) is 0. The van der Waals surface area contributed by atoms with Crippen molar-refractivity contribution in [3.05, 3.63) is 35.3 Å². The summed E-state index contributed by atoms with van der Waals surface area (Å²) in [5.41, 5.74) is 0. The molecule has 1 saturated heterocycles. The highest BCUT2D eigenvalue weighted by Crippen LogP contribution is 2.28. The van der Waals surface area contributed by atoms with Crippen molar-refractivity contribution in [3.63, 3.8) is 0 Å². The van der Waals surface area contributed by atoms with Gasteiger partial charge in [-0.2, -0.15) is 0 Å². The summed E-state index contributed by atoms with van der Waals surface area (Å²) < 4.78 is 13.9. The lowest BCUT2D eigenvalue weighted by Gasteiger charge is -2.18. The van der Waals surface area contributed by atoms with Crippen molar-refractivity contribution in [2.45, 2.75) is 51.8 Å². The van der Waals surface area contributed by atoms with E-state index in [-0.39, 0.29) is 6.10 Å². The average molecular weight is 316 g/mol. The molecule has 4 rings (SSSR count). The van der Waals surface area contributed by atoms with Crippen LogP contribution in [0.25, 0.3) is 0 Å². The maximum atomic E-state index is 5.84. The Balaban J connectivity index is 1.44. The quantitative estimate of drug-likeness (QED) is 0.866. The lowest BCUT2D eigenvalue weighted by molar-refractivity contribution is 0.101. The third-order valence-corrected chi connectivity index (χ3v) is 4.81. The topological polar surface area (TPSA) is 56.3 Å². The lowest BCUT2D eigenvalue weighted by Crippen LogP contribution is -2.26. The fraction of sp³-hybridized carbons (Fsp3) is 0.647. The van der Waals surface area contributed by atoms with Crippen LogP contribution in [0.3, 0.4) is 0 Å².